The normalized spacial score (nSPS) is 28.4. The molecule has 0 spiro atoms. The molecule has 1 saturated carbocycles. The van der Waals surface area contributed by atoms with Gasteiger partial charge in [0, 0.05) is 0 Å². The SMILES string of the molecule is CC1CCC(C(C)(C)c2ccc(F)c(F)c2)C(O)C1. The molecule has 3 atom stereocenters. The Labute approximate surface area is 113 Å². The Morgan fingerprint density at radius 1 is 1.16 bits per heavy atom. The molecule has 1 aromatic rings. The monoisotopic (exact) mass is 268 g/mol. The summed E-state index contributed by atoms with van der Waals surface area (Å²) in [5, 5.41) is 10.3. The molecule has 0 bridgehead atoms. The minimum absolute atomic E-state index is 0.0913. The van der Waals surface area contributed by atoms with Gasteiger partial charge in [0.05, 0.1) is 6.10 Å². The predicted molar refractivity (Wildman–Crippen MR) is 71.9 cm³/mol. The van der Waals surface area contributed by atoms with Gasteiger partial charge in [-0.25, -0.2) is 8.78 Å². The number of aliphatic hydroxyl groups excluding tert-OH is 1. The number of hydrogen-bond donors (Lipinski definition) is 1. The molecule has 0 radical (unpaired) electrons. The topological polar surface area (TPSA) is 20.2 Å². The van der Waals surface area contributed by atoms with Crippen LogP contribution in [0.4, 0.5) is 8.78 Å². The van der Waals surface area contributed by atoms with E-state index in [1.165, 1.54) is 12.1 Å². The van der Waals surface area contributed by atoms with Gasteiger partial charge in [-0.1, -0.05) is 33.3 Å². The van der Waals surface area contributed by atoms with E-state index < -0.39 is 11.6 Å². The molecule has 0 heterocycles. The predicted octanol–water partition coefficient (Wildman–Crippen LogP) is 4.04. The van der Waals surface area contributed by atoms with Gasteiger partial charge in [0.25, 0.3) is 0 Å². The fourth-order valence-electron chi connectivity index (χ4n) is 3.30. The average molecular weight is 268 g/mol. The smallest absolute Gasteiger partial charge is 0.159 e. The first-order valence-corrected chi connectivity index (χ1v) is 6.96. The first-order chi connectivity index (χ1) is 8.82. The van der Waals surface area contributed by atoms with Crippen molar-refractivity contribution in [2.45, 2.75) is 51.6 Å². The third-order valence-corrected chi connectivity index (χ3v) is 4.67. The summed E-state index contributed by atoms with van der Waals surface area (Å²) in [5.74, 6) is -1.01. The Balaban J connectivity index is 2.28. The molecule has 1 N–H and O–H groups in total. The van der Waals surface area contributed by atoms with Gasteiger partial charge < -0.3 is 5.11 Å². The van der Waals surface area contributed by atoms with E-state index in [-0.39, 0.29) is 17.4 Å². The highest BCUT2D eigenvalue weighted by Crippen LogP contribution is 2.42. The first kappa shape index (κ1) is 14.4. The van der Waals surface area contributed by atoms with Crippen molar-refractivity contribution in [3.05, 3.63) is 35.4 Å². The zero-order valence-electron chi connectivity index (χ0n) is 11.8. The Morgan fingerprint density at radius 2 is 1.84 bits per heavy atom. The van der Waals surface area contributed by atoms with Crippen molar-refractivity contribution in [2.75, 3.05) is 0 Å². The van der Waals surface area contributed by atoms with Gasteiger partial charge in [0.2, 0.25) is 0 Å². The maximum atomic E-state index is 13.4. The Bertz CT molecular complexity index is 456. The summed E-state index contributed by atoms with van der Waals surface area (Å²) in [7, 11) is 0. The van der Waals surface area contributed by atoms with Crippen LogP contribution in [0.2, 0.25) is 0 Å². The van der Waals surface area contributed by atoms with Crippen LogP contribution in [0, 0.1) is 23.5 Å². The van der Waals surface area contributed by atoms with Crippen LogP contribution in [0.15, 0.2) is 18.2 Å². The molecule has 2 rings (SSSR count). The Morgan fingerprint density at radius 3 is 2.42 bits per heavy atom. The van der Waals surface area contributed by atoms with E-state index in [4.69, 9.17) is 0 Å². The molecule has 0 aliphatic heterocycles. The minimum Gasteiger partial charge on any atom is -0.393 e. The highest BCUT2D eigenvalue weighted by molar-refractivity contribution is 5.27. The van der Waals surface area contributed by atoms with Gasteiger partial charge >= 0.3 is 0 Å². The summed E-state index contributed by atoms with van der Waals surface area (Å²) in [6.07, 6.45) is 2.42. The summed E-state index contributed by atoms with van der Waals surface area (Å²) in [4.78, 5) is 0. The fourth-order valence-corrected chi connectivity index (χ4v) is 3.30. The highest BCUT2D eigenvalue weighted by atomic mass is 19.2. The van der Waals surface area contributed by atoms with E-state index in [9.17, 15) is 13.9 Å². The second-order valence-corrected chi connectivity index (χ2v) is 6.44. The molecule has 19 heavy (non-hydrogen) atoms. The zero-order chi connectivity index (χ0) is 14.2. The number of rotatable bonds is 2. The largest absolute Gasteiger partial charge is 0.393 e. The molecule has 3 unspecified atom stereocenters. The van der Waals surface area contributed by atoms with Crippen LogP contribution in [0.5, 0.6) is 0 Å². The van der Waals surface area contributed by atoms with E-state index >= 15 is 0 Å². The zero-order valence-corrected chi connectivity index (χ0v) is 11.8. The van der Waals surface area contributed by atoms with Crippen LogP contribution in [0.3, 0.4) is 0 Å². The first-order valence-electron chi connectivity index (χ1n) is 6.96. The maximum Gasteiger partial charge on any atom is 0.159 e. The van der Waals surface area contributed by atoms with Crippen molar-refractivity contribution in [3.8, 4) is 0 Å². The molecule has 1 fully saturated rings. The quantitative estimate of drug-likeness (QED) is 0.858. The van der Waals surface area contributed by atoms with Gasteiger partial charge in [0.1, 0.15) is 0 Å². The minimum atomic E-state index is -0.822. The van der Waals surface area contributed by atoms with Crippen molar-refractivity contribution in [3.63, 3.8) is 0 Å². The number of aliphatic hydroxyl groups is 1. The van der Waals surface area contributed by atoms with Crippen molar-refractivity contribution < 1.29 is 13.9 Å². The van der Waals surface area contributed by atoms with Crippen LogP contribution in [0.1, 0.15) is 45.6 Å². The van der Waals surface area contributed by atoms with Gasteiger partial charge in [-0.15, -0.1) is 0 Å². The van der Waals surface area contributed by atoms with E-state index in [0.717, 1.165) is 24.8 Å². The summed E-state index contributed by atoms with van der Waals surface area (Å²) in [5.41, 5.74) is 0.402. The van der Waals surface area contributed by atoms with E-state index in [1.54, 1.807) is 6.07 Å². The molecule has 3 heteroatoms. The summed E-state index contributed by atoms with van der Waals surface area (Å²) < 4.78 is 26.4. The van der Waals surface area contributed by atoms with Crippen LogP contribution >= 0.6 is 0 Å². The van der Waals surface area contributed by atoms with Crippen LogP contribution < -0.4 is 0 Å². The third kappa shape index (κ3) is 2.81. The lowest BCUT2D eigenvalue weighted by Crippen LogP contribution is -2.41. The maximum absolute atomic E-state index is 13.4. The van der Waals surface area contributed by atoms with Crippen molar-refractivity contribution in [2.24, 2.45) is 11.8 Å². The van der Waals surface area contributed by atoms with Crippen molar-refractivity contribution >= 4 is 0 Å². The second-order valence-electron chi connectivity index (χ2n) is 6.44. The Kier molecular flexibility index (Phi) is 3.95. The third-order valence-electron chi connectivity index (χ3n) is 4.67. The van der Waals surface area contributed by atoms with Crippen LogP contribution in [-0.2, 0) is 5.41 Å². The molecule has 0 aromatic heterocycles. The van der Waals surface area contributed by atoms with Gasteiger partial charge in [-0.3, -0.25) is 0 Å². The lowest BCUT2D eigenvalue weighted by Gasteiger charge is -2.42. The lowest BCUT2D eigenvalue weighted by atomic mass is 9.64. The molecule has 1 aromatic carbocycles. The van der Waals surface area contributed by atoms with Crippen LogP contribution in [0.25, 0.3) is 0 Å². The van der Waals surface area contributed by atoms with Gasteiger partial charge in [-0.2, -0.15) is 0 Å². The second kappa shape index (κ2) is 5.20. The number of benzene rings is 1. The van der Waals surface area contributed by atoms with Gasteiger partial charge in [0.15, 0.2) is 11.6 Å². The average Bonchev–Trinajstić information content (AvgIpc) is 2.32. The molecule has 0 amide bonds. The van der Waals surface area contributed by atoms with Crippen molar-refractivity contribution in [1.82, 2.24) is 0 Å². The van der Waals surface area contributed by atoms with E-state index in [0.29, 0.717) is 5.92 Å². The van der Waals surface area contributed by atoms with Crippen LogP contribution in [-0.4, -0.2) is 11.2 Å². The highest BCUT2D eigenvalue weighted by Gasteiger charge is 2.39. The summed E-state index contributed by atoms with van der Waals surface area (Å²) in [6.45, 7) is 6.15. The Hall–Kier alpha value is -0.960. The summed E-state index contributed by atoms with van der Waals surface area (Å²) >= 11 is 0. The molecule has 1 aliphatic carbocycles. The molecule has 1 nitrogen and oxygen atoms in total. The van der Waals surface area contributed by atoms with Gasteiger partial charge in [-0.05, 0) is 47.8 Å². The fraction of sp³-hybridized carbons (Fsp3) is 0.625. The van der Waals surface area contributed by atoms with E-state index in [2.05, 4.69) is 6.92 Å². The van der Waals surface area contributed by atoms with Crippen molar-refractivity contribution in [1.29, 1.82) is 0 Å². The summed E-state index contributed by atoms with van der Waals surface area (Å²) in [6, 6.07) is 4.06. The molecule has 106 valence electrons. The lowest BCUT2D eigenvalue weighted by molar-refractivity contribution is 0.0142. The molecule has 1 aliphatic rings. The molecule has 0 saturated heterocycles. The molecular formula is C16H22F2O. The van der Waals surface area contributed by atoms with E-state index in [1.807, 2.05) is 13.8 Å². The number of hydrogen-bond acceptors (Lipinski definition) is 1. The standard InChI is InChI=1S/C16H22F2O/c1-10-4-6-12(15(19)8-10)16(2,3)11-5-7-13(17)14(18)9-11/h5,7,9-10,12,15,19H,4,6,8H2,1-3H3. The molecular weight excluding hydrogens is 246 g/mol. The number of halogens is 2.